The van der Waals surface area contributed by atoms with Crippen LogP contribution in [-0.4, -0.2) is 17.0 Å². The Hall–Kier alpha value is -3.54. The average molecular weight is 349 g/mol. The standard InChI is InChI=1S/C20H19N3O3/c1-12-7-8-13(2)16(11-12)21-20(26)23-22-19(25)18-15-6-4-3-5-14(15)9-10-17(18)24/h3-11,24H,1-2H3,(H,22,25)(H2,21,23,26). The van der Waals surface area contributed by atoms with Crippen LogP contribution < -0.4 is 16.2 Å². The summed E-state index contributed by atoms with van der Waals surface area (Å²) in [6, 6.07) is 15.5. The monoisotopic (exact) mass is 349 g/mol. The lowest BCUT2D eigenvalue weighted by molar-refractivity contribution is 0.0937. The fraction of sp³-hybridized carbons (Fsp3) is 0.100. The number of aryl methyl sites for hydroxylation is 2. The highest BCUT2D eigenvalue weighted by Crippen LogP contribution is 2.26. The Labute approximate surface area is 150 Å². The van der Waals surface area contributed by atoms with Crippen molar-refractivity contribution in [2.75, 3.05) is 5.32 Å². The van der Waals surface area contributed by atoms with E-state index in [1.807, 2.05) is 44.2 Å². The van der Waals surface area contributed by atoms with Crippen molar-refractivity contribution in [2.45, 2.75) is 13.8 Å². The van der Waals surface area contributed by atoms with Gasteiger partial charge >= 0.3 is 6.03 Å². The van der Waals surface area contributed by atoms with Crippen LogP contribution in [0.2, 0.25) is 0 Å². The van der Waals surface area contributed by atoms with Crippen molar-refractivity contribution >= 4 is 28.4 Å². The molecule has 4 N–H and O–H groups in total. The second-order valence-electron chi connectivity index (χ2n) is 6.03. The number of amides is 3. The molecule has 0 unspecified atom stereocenters. The smallest absolute Gasteiger partial charge is 0.337 e. The highest BCUT2D eigenvalue weighted by molar-refractivity contribution is 6.09. The summed E-state index contributed by atoms with van der Waals surface area (Å²) in [6.45, 7) is 3.80. The predicted octanol–water partition coefficient (Wildman–Crippen LogP) is 3.63. The summed E-state index contributed by atoms with van der Waals surface area (Å²) in [7, 11) is 0. The van der Waals surface area contributed by atoms with Gasteiger partial charge in [-0.15, -0.1) is 0 Å². The summed E-state index contributed by atoms with van der Waals surface area (Å²) in [6.07, 6.45) is 0. The van der Waals surface area contributed by atoms with E-state index in [0.717, 1.165) is 16.5 Å². The third-order valence-corrected chi connectivity index (χ3v) is 4.06. The normalized spacial score (nSPS) is 10.4. The summed E-state index contributed by atoms with van der Waals surface area (Å²) in [4.78, 5) is 24.5. The van der Waals surface area contributed by atoms with E-state index < -0.39 is 11.9 Å². The minimum Gasteiger partial charge on any atom is -0.507 e. The maximum absolute atomic E-state index is 12.4. The first-order chi connectivity index (χ1) is 12.5. The molecule has 0 aliphatic heterocycles. The summed E-state index contributed by atoms with van der Waals surface area (Å²) < 4.78 is 0. The van der Waals surface area contributed by atoms with E-state index in [2.05, 4.69) is 16.2 Å². The Kier molecular flexibility index (Phi) is 4.75. The Balaban J connectivity index is 1.72. The van der Waals surface area contributed by atoms with Crippen LogP contribution in [-0.2, 0) is 0 Å². The van der Waals surface area contributed by atoms with Crippen LogP contribution in [0.4, 0.5) is 10.5 Å². The number of rotatable bonds is 2. The molecule has 0 aliphatic rings. The molecule has 0 aromatic heterocycles. The number of aromatic hydroxyl groups is 1. The third-order valence-electron chi connectivity index (χ3n) is 4.06. The lowest BCUT2D eigenvalue weighted by Crippen LogP contribution is -2.44. The quantitative estimate of drug-likeness (QED) is 0.533. The van der Waals surface area contributed by atoms with Crippen LogP contribution in [0.25, 0.3) is 10.8 Å². The van der Waals surface area contributed by atoms with Gasteiger partial charge in [0.25, 0.3) is 5.91 Å². The van der Waals surface area contributed by atoms with E-state index >= 15 is 0 Å². The lowest BCUT2D eigenvalue weighted by Gasteiger charge is -2.13. The van der Waals surface area contributed by atoms with Crippen LogP contribution in [0.15, 0.2) is 54.6 Å². The number of phenolic OH excluding ortho intramolecular Hbond substituents is 1. The van der Waals surface area contributed by atoms with Crippen molar-refractivity contribution in [3.05, 3.63) is 71.3 Å². The van der Waals surface area contributed by atoms with E-state index in [9.17, 15) is 14.7 Å². The van der Waals surface area contributed by atoms with Gasteiger partial charge in [0.2, 0.25) is 0 Å². The maximum Gasteiger partial charge on any atom is 0.337 e. The van der Waals surface area contributed by atoms with Crippen molar-refractivity contribution < 1.29 is 14.7 Å². The van der Waals surface area contributed by atoms with Gasteiger partial charge in [0.05, 0.1) is 5.56 Å². The molecule has 132 valence electrons. The second kappa shape index (κ2) is 7.14. The number of carbonyl (C=O) groups is 2. The Morgan fingerprint density at radius 1 is 0.923 bits per heavy atom. The maximum atomic E-state index is 12.4. The number of hydrogen-bond donors (Lipinski definition) is 4. The van der Waals surface area contributed by atoms with Crippen LogP contribution in [0.5, 0.6) is 5.75 Å². The van der Waals surface area contributed by atoms with Gasteiger partial charge in [0.1, 0.15) is 5.75 Å². The molecule has 0 aliphatic carbocycles. The molecule has 3 rings (SSSR count). The highest BCUT2D eigenvalue weighted by atomic mass is 16.3. The Morgan fingerprint density at radius 2 is 1.69 bits per heavy atom. The summed E-state index contributed by atoms with van der Waals surface area (Å²) in [5.74, 6) is -0.756. The van der Waals surface area contributed by atoms with Gasteiger partial charge in [-0.25, -0.2) is 10.2 Å². The first kappa shape index (κ1) is 17.3. The van der Waals surface area contributed by atoms with Crippen molar-refractivity contribution in [1.82, 2.24) is 10.9 Å². The molecule has 0 radical (unpaired) electrons. The van der Waals surface area contributed by atoms with Crippen molar-refractivity contribution in [2.24, 2.45) is 0 Å². The van der Waals surface area contributed by atoms with Gasteiger partial charge in [-0.1, -0.05) is 42.5 Å². The fourth-order valence-electron chi connectivity index (χ4n) is 2.70. The minimum atomic E-state index is -0.601. The molecule has 6 heteroatoms. The SMILES string of the molecule is Cc1ccc(C)c(NC(=O)NNC(=O)c2c(O)ccc3ccccc23)c1. The number of hydrogen-bond acceptors (Lipinski definition) is 3. The first-order valence-electron chi connectivity index (χ1n) is 8.11. The van der Waals surface area contributed by atoms with Crippen LogP contribution >= 0.6 is 0 Å². The van der Waals surface area contributed by atoms with Gasteiger partial charge in [-0.05, 0) is 47.9 Å². The number of benzene rings is 3. The second-order valence-corrected chi connectivity index (χ2v) is 6.03. The number of hydrazine groups is 1. The zero-order valence-electron chi connectivity index (χ0n) is 14.5. The molecule has 0 saturated heterocycles. The fourth-order valence-corrected chi connectivity index (χ4v) is 2.70. The lowest BCUT2D eigenvalue weighted by atomic mass is 10.0. The molecule has 6 nitrogen and oxygen atoms in total. The molecule has 26 heavy (non-hydrogen) atoms. The van der Waals surface area contributed by atoms with Crippen LogP contribution in [0.1, 0.15) is 21.5 Å². The number of carbonyl (C=O) groups excluding carboxylic acids is 2. The number of phenols is 1. The molecule has 0 heterocycles. The zero-order chi connectivity index (χ0) is 18.7. The molecule has 3 aromatic rings. The predicted molar refractivity (Wildman–Crippen MR) is 101 cm³/mol. The minimum absolute atomic E-state index is 0.107. The number of fused-ring (bicyclic) bond motifs is 1. The van der Waals surface area contributed by atoms with Gasteiger partial charge < -0.3 is 10.4 Å². The number of nitrogens with one attached hydrogen (secondary N) is 3. The van der Waals surface area contributed by atoms with E-state index in [1.54, 1.807) is 18.2 Å². The molecule has 0 saturated carbocycles. The van der Waals surface area contributed by atoms with Crippen LogP contribution in [0.3, 0.4) is 0 Å². The number of urea groups is 1. The van der Waals surface area contributed by atoms with Crippen LogP contribution in [0, 0.1) is 13.8 Å². The zero-order valence-corrected chi connectivity index (χ0v) is 14.5. The summed E-state index contributed by atoms with van der Waals surface area (Å²) in [5.41, 5.74) is 7.31. The molecular formula is C20H19N3O3. The average Bonchev–Trinajstić information content (AvgIpc) is 2.62. The van der Waals surface area contributed by atoms with Crippen molar-refractivity contribution in [1.29, 1.82) is 0 Å². The van der Waals surface area contributed by atoms with E-state index in [-0.39, 0.29) is 11.3 Å². The van der Waals surface area contributed by atoms with E-state index in [0.29, 0.717) is 11.1 Å². The third kappa shape index (κ3) is 3.59. The molecule has 3 aromatic carbocycles. The van der Waals surface area contributed by atoms with Gasteiger partial charge in [0.15, 0.2) is 0 Å². The van der Waals surface area contributed by atoms with Crippen molar-refractivity contribution in [3.8, 4) is 5.75 Å². The molecule has 0 spiro atoms. The van der Waals surface area contributed by atoms with Gasteiger partial charge in [0, 0.05) is 5.69 Å². The highest BCUT2D eigenvalue weighted by Gasteiger charge is 2.16. The van der Waals surface area contributed by atoms with Crippen molar-refractivity contribution in [3.63, 3.8) is 0 Å². The van der Waals surface area contributed by atoms with Gasteiger partial charge in [-0.2, -0.15) is 0 Å². The van der Waals surface area contributed by atoms with E-state index in [4.69, 9.17) is 0 Å². The topological polar surface area (TPSA) is 90.5 Å². The van der Waals surface area contributed by atoms with E-state index in [1.165, 1.54) is 6.07 Å². The Bertz CT molecular complexity index is 999. The molecule has 0 bridgehead atoms. The molecule has 0 atom stereocenters. The molecule has 0 fully saturated rings. The number of anilines is 1. The summed E-state index contributed by atoms with van der Waals surface area (Å²) in [5, 5.41) is 14.2. The molecule has 3 amide bonds. The first-order valence-corrected chi connectivity index (χ1v) is 8.11. The summed E-state index contributed by atoms with van der Waals surface area (Å²) >= 11 is 0. The van der Waals surface area contributed by atoms with Gasteiger partial charge in [-0.3, -0.25) is 10.2 Å². The Morgan fingerprint density at radius 3 is 2.50 bits per heavy atom. The largest absolute Gasteiger partial charge is 0.507 e. The molecular weight excluding hydrogens is 330 g/mol.